The molecule has 0 radical (unpaired) electrons. The van der Waals surface area contributed by atoms with E-state index in [1.54, 1.807) is 31.5 Å². The van der Waals surface area contributed by atoms with E-state index in [2.05, 4.69) is 15.5 Å². The van der Waals surface area contributed by atoms with Crippen molar-refractivity contribution in [3.63, 3.8) is 0 Å². The molecule has 0 saturated carbocycles. The molecule has 0 bridgehead atoms. The number of hydrogen-bond donors (Lipinski definition) is 2. The van der Waals surface area contributed by atoms with Gasteiger partial charge < -0.3 is 20.6 Å². The fraction of sp³-hybridized carbons (Fsp3) is 0.208. The molecule has 7 heteroatoms. The van der Waals surface area contributed by atoms with Gasteiger partial charge in [-0.05, 0) is 50.1 Å². The quantitative estimate of drug-likeness (QED) is 0.328. The number of anilines is 1. The lowest BCUT2D eigenvalue weighted by molar-refractivity contribution is -0.126. The molecular formula is C24H26N4O3. The van der Waals surface area contributed by atoms with Crippen LogP contribution < -0.4 is 15.8 Å². The number of nitrogens with one attached hydrogen (secondary N) is 1. The zero-order valence-electron chi connectivity index (χ0n) is 17.8. The molecule has 1 amide bonds. The number of benzene rings is 2. The SMILES string of the molecule is Cc1cccc(C)c1NC(=O)C(C)O/N=C(/N)c1cccc(OCc2cccnc2)c1. The van der Waals surface area contributed by atoms with Crippen LogP contribution in [0.25, 0.3) is 0 Å². The molecule has 0 aliphatic heterocycles. The van der Waals surface area contributed by atoms with Crippen LogP contribution in [-0.4, -0.2) is 22.8 Å². The summed E-state index contributed by atoms with van der Waals surface area (Å²) in [6.07, 6.45) is 2.64. The molecule has 1 unspecified atom stereocenters. The predicted molar refractivity (Wildman–Crippen MR) is 121 cm³/mol. The Morgan fingerprint density at radius 3 is 2.58 bits per heavy atom. The highest BCUT2D eigenvalue weighted by Crippen LogP contribution is 2.20. The lowest BCUT2D eigenvalue weighted by Gasteiger charge is -2.14. The first-order valence-corrected chi connectivity index (χ1v) is 9.92. The topological polar surface area (TPSA) is 98.8 Å². The normalized spacial score (nSPS) is 12.2. The van der Waals surface area contributed by atoms with Crippen LogP contribution in [-0.2, 0) is 16.2 Å². The lowest BCUT2D eigenvalue weighted by Crippen LogP contribution is -2.28. The van der Waals surface area contributed by atoms with Gasteiger partial charge in [0.05, 0.1) is 0 Å². The minimum atomic E-state index is -0.817. The van der Waals surface area contributed by atoms with Gasteiger partial charge >= 0.3 is 0 Å². The van der Waals surface area contributed by atoms with Gasteiger partial charge in [0.1, 0.15) is 12.4 Å². The number of carbonyl (C=O) groups excluding carboxylic acids is 1. The molecule has 0 spiro atoms. The number of aromatic nitrogens is 1. The third-order valence-corrected chi connectivity index (χ3v) is 4.67. The van der Waals surface area contributed by atoms with Gasteiger partial charge in [-0.2, -0.15) is 0 Å². The van der Waals surface area contributed by atoms with Crippen molar-refractivity contribution < 1.29 is 14.4 Å². The van der Waals surface area contributed by atoms with Crippen molar-refractivity contribution in [1.82, 2.24) is 4.98 Å². The molecule has 3 aromatic rings. The van der Waals surface area contributed by atoms with Crippen molar-refractivity contribution in [3.05, 3.63) is 89.2 Å². The number of rotatable bonds is 8. The number of pyridine rings is 1. The first-order valence-electron chi connectivity index (χ1n) is 9.92. The van der Waals surface area contributed by atoms with Gasteiger partial charge in [0, 0.05) is 29.2 Å². The Bertz CT molecular complexity index is 1050. The highest BCUT2D eigenvalue weighted by atomic mass is 16.6. The minimum absolute atomic E-state index is 0.151. The second-order valence-electron chi connectivity index (χ2n) is 7.16. The summed E-state index contributed by atoms with van der Waals surface area (Å²) in [5.41, 5.74) is 10.4. The van der Waals surface area contributed by atoms with E-state index < -0.39 is 6.10 Å². The Labute approximate surface area is 181 Å². The second-order valence-corrected chi connectivity index (χ2v) is 7.16. The van der Waals surface area contributed by atoms with Crippen LogP contribution in [0.5, 0.6) is 5.75 Å². The molecule has 0 fully saturated rings. The van der Waals surface area contributed by atoms with Gasteiger partial charge in [0.25, 0.3) is 5.91 Å². The fourth-order valence-electron chi connectivity index (χ4n) is 2.87. The lowest BCUT2D eigenvalue weighted by atomic mass is 10.1. The number of nitrogens with two attached hydrogens (primary N) is 1. The van der Waals surface area contributed by atoms with E-state index in [-0.39, 0.29) is 11.7 Å². The smallest absolute Gasteiger partial charge is 0.268 e. The maximum Gasteiger partial charge on any atom is 0.268 e. The Morgan fingerprint density at radius 2 is 1.87 bits per heavy atom. The molecule has 2 aromatic carbocycles. The molecule has 7 nitrogen and oxygen atoms in total. The van der Waals surface area contributed by atoms with E-state index in [0.29, 0.717) is 17.9 Å². The van der Waals surface area contributed by atoms with Crippen molar-refractivity contribution in [2.75, 3.05) is 5.32 Å². The van der Waals surface area contributed by atoms with E-state index in [4.69, 9.17) is 15.3 Å². The van der Waals surface area contributed by atoms with Crippen LogP contribution in [0.3, 0.4) is 0 Å². The third-order valence-electron chi connectivity index (χ3n) is 4.67. The van der Waals surface area contributed by atoms with E-state index >= 15 is 0 Å². The molecule has 0 aliphatic rings. The summed E-state index contributed by atoms with van der Waals surface area (Å²) < 4.78 is 5.78. The van der Waals surface area contributed by atoms with Gasteiger partial charge in [-0.3, -0.25) is 9.78 Å². The number of aryl methyl sites for hydroxylation is 2. The molecule has 1 heterocycles. The average molecular weight is 418 g/mol. The van der Waals surface area contributed by atoms with Crippen LogP contribution in [0.2, 0.25) is 0 Å². The molecule has 1 aromatic heterocycles. The summed E-state index contributed by atoms with van der Waals surface area (Å²) in [7, 11) is 0. The average Bonchev–Trinajstić information content (AvgIpc) is 2.79. The Hall–Kier alpha value is -3.87. The summed E-state index contributed by atoms with van der Waals surface area (Å²) in [5, 5.41) is 6.81. The number of amidine groups is 1. The first-order chi connectivity index (χ1) is 14.9. The number of ether oxygens (including phenoxy) is 1. The summed E-state index contributed by atoms with van der Waals surface area (Å²) in [4.78, 5) is 21.9. The van der Waals surface area contributed by atoms with Crippen molar-refractivity contribution >= 4 is 17.4 Å². The monoisotopic (exact) mass is 418 g/mol. The highest BCUT2D eigenvalue weighted by Gasteiger charge is 2.16. The van der Waals surface area contributed by atoms with E-state index in [0.717, 1.165) is 22.4 Å². The van der Waals surface area contributed by atoms with Crippen molar-refractivity contribution in [2.24, 2.45) is 10.9 Å². The molecule has 3 N–H and O–H groups in total. The van der Waals surface area contributed by atoms with Crippen molar-refractivity contribution in [1.29, 1.82) is 0 Å². The number of carbonyl (C=O) groups is 1. The Morgan fingerprint density at radius 1 is 1.13 bits per heavy atom. The third kappa shape index (κ3) is 6.05. The minimum Gasteiger partial charge on any atom is -0.489 e. The standard InChI is InChI=1S/C24H26N4O3/c1-16-7-4-8-17(2)22(16)27-24(29)18(3)31-28-23(25)20-10-5-11-21(13-20)30-15-19-9-6-12-26-14-19/h4-14,18H,15H2,1-3H3,(H2,25,28)(H,27,29). The maximum atomic E-state index is 12.5. The van der Waals surface area contributed by atoms with E-state index in [1.165, 1.54) is 0 Å². The maximum absolute atomic E-state index is 12.5. The van der Waals surface area contributed by atoms with Crippen LogP contribution in [0, 0.1) is 13.8 Å². The largest absolute Gasteiger partial charge is 0.489 e. The van der Waals surface area contributed by atoms with Gasteiger partial charge in [0.15, 0.2) is 5.84 Å². The van der Waals surface area contributed by atoms with Gasteiger partial charge in [-0.1, -0.05) is 41.6 Å². The van der Waals surface area contributed by atoms with Gasteiger partial charge in [0.2, 0.25) is 6.10 Å². The highest BCUT2D eigenvalue weighted by molar-refractivity contribution is 5.98. The van der Waals surface area contributed by atoms with Crippen LogP contribution in [0.1, 0.15) is 29.2 Å². The Balaban J connectivity index is 1.60. The van der Waals surface area contributed by atoms with E-state index in [9.17, 15) is 4.79 Å². The molecule has 31 heavy (non-hydrogen) atoms. The number of hydrogen-bond acceptors (Lipinski definition) is 5. The zero-order chi connectivity index (χ0) is 22.2. The fourth-order valence-corrected chi connectivity index (χ4v) is 2.87. The summed E-state index contributed by atoms with van der Waals surface area (Å²) >= 11 is 0. The van der Waals surface area contributed by atoms with Crippen LogP contribution in [0.15, 0.2) is 72.1 Å². The van der Waals surface area contributed by atoms with Crippen LogP contribution >= 0.6 is 0 Å². The van der Waals surface area contributed by atoms with Gasteiger partial charge in [-0.15, -0.1) is 0 Å². The molecule has 160 valence electrons. The summed E-state index contributed by atoms with van der Waals surface area (Å²) in [6, 6.07) is 16.8. The number of para-hydroxylation sites is 1. The molecule has 0 saturated heterocycles. The van der Waals surface area contributed by atoms with Gasteiger partial charge in [-0.25, -0.2) is 0 Å². The van der Waals surface area contributed by atoms with Crippen molar-refractivity contribution in [3.8, 4) is 5.75 Å². The number of nitrogens with zero attached hydrogens (tertiary/aromatic N) is 2. The molecule has 3 rings (SSSR count). The zero-order valence-corrected chi connectivity index (χ0v) is 17.8. The Kier molecular flexibility index (Phi) is 7.22. The second kappa shape index (κ2) is 10.2. The summed E-state index contributed by atoms with van der Waals surface area (Å²) in [6.45, 7) is 5.88. The molecule has 0 aliphatic carbocycles. The molecular weight excluding hydrogens is 392 g/mol. The van der Waals surface area contributed by atoms with Crippen LogP contribution in [0.4, 0.5) is 5.69 Å². The molecule has 1 atom stereocenters. The van der Waals surface area contributed by atoms with Crippen molar-refractivity contribution in [2.45, 2.75) is 33.5 Å². The number of oxime groups is 1. The van der Waals surface area contributed by atoms with E-state index in [1.807, 2.05) is 56.3 Å². The summed E-state index contributed by atoms with van der Waals surface area (Å²) in [5.74, 6) is 0.487. The predicted octanol–water partition coefficient (Wildman–Crippen LogP) is 3.94. The number of amides is 1. The first kappa shape index (κ1) is 21.8.